The van der Waals surface area contributed by atoms with Crippen molar-refractivity contribution < 1.29 is 9.53 Å². The topological polar surface area (TPSA) is 44.1 Å². The maximum absolute atomic E-state index is 12.3. The van der Waals surface area contributed by atoms with Crippen molar-refractivity contribution in [1.82, 2.24) is 9.78 Å². The Hall–Kier alpha value is -1.33. The molecule has 6 heteroatoms. The van der Waals surface area contributed by atoms with Gasteiger partial charge >= 0.3 is 0 Å². The van der Waals surface area contributed by atoms with Gasteiger partial charge in [-0.15, -0.1) is 0 Å². The summed E-state index contributed by atoms with van der Waals surface area (Å²) >= 11 is 9.40. The second-order valence-electron chi connectivity index (χ2n) is 5.41. The van der Waals surface area contributed by atoms with Crippen LogP contribution in [0.25, 0.3) is 0 Å². The van der Waals surface area contributed by atoms with Crippen molar-refractivity contribution >= 4 is 33.4 Å². The van der Waals surface area contributed by atoms with E-state index in [0.717, 1.165) is 21.4 Å². The van der Waals surface area contributed by atoms with Crippen LogP contribution in [0.3, 0.4) is 0 Å². The Bertz CT molecular complexity index is 710. The summed E-state index contributed by atoms with van der Waals surface area (Å²) in [6, 6.07) is 5.26. The molecule has 1 aromatic heterocycles. The molecule has 0 radical (unpaired) electrons. The van der Waals surface area contributed by atoms with E-state index in [0.29, 0.717) is 16.7 Å². The normalized spacial score (nSPS) is 11.0. The summed E-state index contributed by atoms with van der Waals surface area (Å²) in [4.78, 5) is 12.3. The van der Waals surface area contributed by atoms with Crippen LogP contribution in [0.2, 0.25) is 5.02 Å². The van der Waals surface area contributed by atoms with Gasteiger partial charge in [0, 0.05) is 10.2 Å². The zero-order chi connectivity index (χ0) is 16.4. The van der Waals surface area contributed by atoms with Crippen molar-refractivity contribution in [2.75, 3.05) is 6.61 Å². The summed E-state index contributed by atoms with van der Waals surface area (Å²) in [5, 5.41) is 4.78. The molecule has 0 aliphatic carbocycles. The summed E-state index contributed by atoms with van der Waals surface area (Å²) in [5.74, 6) is 0.582. The van der Waals surface area contributed by atoms with E-state index in [1.807, 2.05) is 19.9 Å². The minimum Gasteiger partial charge on any atom is -0.482 e. The van der Waals surface area contributed by atoms with Crippen LogP contribution in [0.5, 0.6) is 5.75 Å². The maximum Gasteiger partial charge on any atom is 0.284 e. The van der Waals surface area contributed by atoms with Gasteiger partial charge in [-0.2, -0.15) is 5.10 Å². The molecule has 1 heterocycles. The van der Waals surface area contributed by atoms with Gasteiger partial charge in [-0.25, -0.2) is 4.68 Å². The second-order valence-corrected chi connectivity index (χ2v) is 6.73. The van der Waals surface area contributed by atoms with Gasteiger partial charge in [0.1, 0.15) is 5.75 Å². The van der Waals surface area contributed by atoms with E-state index in [4.69, 9.17) is 16.3 Å². The number of ether oxygens (including phenoxy) is 1. The van der Waals surface area contributed by atoms with Crippen LogP contribution in [0.4, 0.5) is 0 Å². The SMILES string of the molecule is Cc1nn(C(=O)COc2ccc(Br)cc2Cl)c(C)c1C(C)C. The second kappa shape index (κ2) is 6.84. The maximum atomic E-state index is 12.3. The number of aromatic nitrogens is 2. The van der Waals surface area contributed by atoms with E-state index in [-0.39, 0.29) is 12.5 Å². The third kappa shape index (κ3) is 3.52. The summed E-state index contributed by atoms with van der Waals surface area (Å²) in [6.45, 7) is 7.88. The summed E-state index contributed by atoms with van der Waals surface area (Å²) in [7, 11) is 0. The highest BCUT2D eigenvalue weighted by Crippen LogP contribution is 2.28. The van der Waals surface area contributed by atoms with Crippen LogP contribution in [0.1, 0.15) is 41.5 Å². The molecule has 0 unspecified atom stereocenters. The van der Waals surface area contributed by atoms with Gasteiger partial charge < -0.3 is 4.74 Å². The predicted molar refractivity (Wildman–Crippen MR) is 91.1 cm³/mol. The van der Waals surface area contributed by atoms with Crippen LogP contribution in [0, 0.1) is 13.8 Å². The predicted octanol–water partition coefficient (Wildman–Crippen LogP) is 4.76. The molecule has 0 bridgehead atoms. The minimum atomic E-state index is -0.216. The molecule has 0 fully saturated rings. The number of carbonyl (C=O) groups excluding carboxylic acids is 1. The van der Waals surface area contributed by atoms with Crippen molar-refractivity contribution in [1.29, 1.82) is 0 Å². The molecular weight excluding hydrogens is 368 g/mol. The largest absolute Gasteiger partial charge is 0.482 e. The lowest BCUT2D eigenvalue weighted by atomic mass is 10.0. The molecule has 0 saturated heterocycles. The third-order valence-corrected chi connectivity index (χ3v) is 4.19. The molecule has 0 saturated carbocycles. The Kier molecular flexibility index (Phi) is 5.29. The van der Waals surface area contributed by atoms with Gasteiger partial charge in [-0.1, -0.05) is 41.4 Å². The molecule has 2 rings (SSSR count). The lowest BCUT2D eigenvalue weighted by Crippen LogP contribution is -2.22. The van der Waals surface area contributed by atoms with Gasteiger partial charge in [0.15, 0.2) is 6.61 Å². The first-order valence-corrected chi connectivity index (χ1v) is 8.15. The van der Waals surface area contributed by atoms with Crippen molar-refractivity contribution in [3.63, 3.8) is 0 Å². The number of rotatable bonds is 4. The van der Waals surface area contributed by atoms with E-state index in [9.17, 15) is 4.79 Å². The third-order valence-electron chi connectivity index (χ3n) is 3.41. The Labute approximate surface area is 143 Å². The fraction of sp³-hybridized carbons (Fsp3) is 0.375. The fourth-order valence-electron chi connectivity index (χ4n) is 2.53. The van der Waals surface area contributed by atoms with Crippen LogP contribution in [-0.2, 0) is 0 Å². The highest BCUT2D eigenvalue weighted by atomic mass is 79.9. The first-order chi connectivity index (χ1) is 10.3. The quantitative estimate of drug-likeness (QED) is 0.762. The summed E-state index contributed by atoms with van der Waals surface area (Å²) < 4.78 is 7.78. The molecule has 0 atom stereocenters. The summed E-state index contributed by atoms with van der Waals surface area (Å²) in [5.41, 5.74) is 2.85. The van der Waals surface area contributed by atoms with Gasteiger partial charge in [0.25, 0.3) is 5.91 Å². The van der Waals surface area contributed by atoms with Crippen LogP contribution >= 0.6 is 27.5 Å². The number of aryl methyl sites for hydroxylation is 1. The van der Waals surface area contributed by atoms with E-state index in [1.54, 1.807) is 12.1 Å². The molecular formula is C16H18BrClN2O2. The Balaban J connectivity index is 2.15. The van der Waals surface area contributed by atoms with Gasteiger partial charge in [0.05, 0.1) is 10.7 Å². The number of hydrogen-bond acceptors (Lipinski definition) is 3. The van der Waals surface area contributed by atoms with Gasteiger partial charge in [-0.3, -0.25) is 4.79 Å². The van der Waals surface area contributed by atoms with Crippen molar-refractivity contribution in [3.05, 3.63) is 44.6 Å². The fourth-order valence-corrected chi connectivity index (χ4v) is 3.25. The van der Waals surface area contributed by atoms with E-state index >= 15 is 0 Å². The first-order valence-electron chi connectivity index (χ1n) is 6.98. The highest BCUT2D eigenvalue weighted by Gasteiger charge is 2.19. The highest BCUT2D eigenvalue weighted by molar-refractivity contribution is 9.10. The van der Waals surface area contributed by atoms with Gasteiger partial charge in [0.2, 0.25) is 0 Å². The molecule has 22 heavy (non-hydrogen) atoms. The van der Waals surface area contributed by atoms with Crippen LogP contribution in [-0.4, -0.2) is 22.3 Å². The lowest BCUT2D eigenvalue weighted by molar-refractivity contribution is 0.0818. The zero-order valence-corrected chi connectivity index (χ0v) is 15.3. The molecule has 0 aliphatic rings. The monoisotopic (exact) mass is 384 g/mol. The number of nitrogens with zero attached hydrogens (tertiary/aromatic N) is 2. The average Bonchev–Trinajstić information content (AvgIpc) is 2.72. The van der Waals surface area contributed by atoms with Crippen molar-refractivity contribution in [3.8, 4) is 5.75 Å². The van der Waals surface area contributed by atoms with E-state index in [1.165, 1.54) is 4.68 Å². The number of carbonyl (C=O) groups is 1. The van der Waals surface area contributed by atoms with E-state index < -0.39 is 0 Å². The van der Waals surface area contributed by atoms with Gasteiger partial charge in [-0.05, 0) is 43.5 Å². The zero-order valence-electron chi connectivity index (χ0n) is 13.0. The number of hydrogen-bond donors (Lipinski definition) is 0. The smallest absolute Gasteiger partial charge is 0.284 e. The van der Waals surface area contributed by atoms with E-state index in [2.05, 4.69) is 34.9 Å². The molecule has 0 aliphatic heterocycles. The minimum absolute atomic E-state index is 0.110. The first kappa shape index (κ1) is 17.0. The standard InChI is InChI=1S/C16H18BrClN2O2/c1-9(2)16-10(3)19-20(11(16)4)15(21)8-22-14-6-5-12(17)7-13(14)18/h5-7,9H,8H2,1-4H3. The molecule has 2 aromatic rings. The molecule has 118 valence electrons. The van der Waals surface area contributed by atoms with Crippen LogP contribution in [0.15, 0.2) is 22.7 Å². The molecule has 0 spiro atoms. The van der Waals surface area contributed by atoms with Crippen molar-refractivity contribution in [2.45, 2.75) is 33.6 Å². The molecule has 0 N–H and O–H groups in total. The lowest BCUT2D eigenvalue weighted by Gasteiger charge is -2.09. The molecule has 4 nitrogen and oxygen atoms in total. The summed E-state index contributed by atoms with van der Waals surface area (Å²) in [6.07, 6.45) is 0. The molecule has 0 amide bonds. The Morgan fingerprint density at radius 3 is 2.64 bits per heavy atom. The number of benzene rings is 1. The van der Waals surface area contributed by atoms with Crippen LogP contribution < -0.4 is 4.74 Å². The van der Waals surface area contributed by atoms with Crippen molar-refractivity contribution in [2.24, 2.45) is 0 Å². The average molecular weight is 386 g/mol. The molecule has 1 aromatic carbocycles. The Morgan fingerprint density at radius 2 is 2.09 bits per heavy atom. The Morgan fingerprint density at radius 1 is 1.41 bits per heavy atom. The number of halogens is 2.